The molecule has 4 saturated heterocycles. The second-order valence-electron chi connectivity index (χ2n) is 26.4. The number of carboxylic acids is 1. The number of carboxylic acid groups (broad SMARTS) is 1. The molecule has 14 N–H and O–H groups in total. The van der Waals surface area contributed by atoms with Crippen LogP contribution in [0.3, 0.4) is 0 Å². The van der Waals surface area contributed by atoms with Crippen molar-refractivity contribution in [2.75, 3.05) is 13.2 Å². The number of hydrogen-bond acceptors (Lipinski definition) is 22. The van der Waals surface area contributed by atoms with Crippen molar-refractivity contribution in [1.82, 2.24) is 0 Å². The van der Waals surface area contributed by atoms with Gasteiger partial charge in [0.1, 0.15) is 79.4 Å². The summed E-state index contributed by atoms with van der Waals surface area (Å²) in [5, 5.41) is 155. The Morgan fingerprint density at radius 2 is 1.16 bits per heavy atom. The van der Waals surface area contributed by atoms with E-state index < -0.39 is 170 Å². The summed E-state index contributed by atoms with van der Waals surface area (Å²) in [6, 6.07) is 0. The fourth-order valence-electron chi connectivity index (χ4n) is 16.4. The third kappa shape index (κ3) is 9.51. The Balaban J connectivity index is 1.00. The maximum atomic E-state index is 12.7. The molecule has 4 saturated carbocycles. The summed E-state index contributed by atoms with van der Waals surface area (Å²) in [5.41, 5.74) is -1.44. The zero-order valence-corrected chi connectivity index (χ0v) is 45.6. The van der Waals surface area contributed by atoms with Crippen molar-refractivity contribution in [2.24, 2.45) is 50.2 Å². The van der Waals surface area contributed by atoms with Crippen molar-refractivity contribution < 1.29 is 114 Å². The van der Waals surface area contributed by atoms with Crippen molar-refractivity contribution in [3.63, 3.8) is 0 Å². The fraction of sp³-hybridized carbons (Fsp3) is 0.944. The molecule has 23 nitrogen and oxygen atoms in total. The van der Waals surface area contributed by atoms with E-state index in [-0.39, 0.29) is 40.6 Å². The lowest BCUT2D eigenvalue weighted by molar-refractivity contribution is -0.398. The van der Waals surface area contributed by atoms with Crippen LogP contribution in [0.15, 0.2) is 11.6 Å². The SMILES string of the molecule is C[C@H]1O[C@@H](OC[C@H]2O[C@@H](O[C@H]3[C@H](O[C@H]4CC[C@]5(C)C6CC=C7[C@@H]8CC(C)(C)[C@@H](O)[C@@H](O)[C@]8(C)CC[C@@]7(C)[C@]6(C)CC[C@H]5[C@@]4(C)CO)O[C@H](C(=O)O)[C@@H](O)[C@H]3O)[C@H](O[C@@H]3O[C@H](C)[C@@H](O)[C@@H](O)[C@H]3O)[C@H](O)[C@@H]2O)[C@H](O)[C@H](O)[C@H]1O. The van der Waals surface area contributed by atoms with Crippen LogP contribution in [-0.4, -0.2) is 232 Å². The van der Waals surface area contributed by atoms with Crippen LogP contribution in [0, 0.1) is 50.2 Å². The van der Waals surface area contributed by atoms with Gasteiger partial charge in [-0.3, -0.25) is 0 Å². The Bertz CT molecular complexity index is 2150. The van der Waals surface area contributed by atoms with Crippen LogP contribution in [0.5, 0.6) is 0 Å². The van der Waals surface area contributed by atoms with Gasteiger partial charge >= 0.3 is 5.97 Å². The average Bonchev–Trinajstić information content (AvgIpc) is 3.37. The zero-order chi connectivity index (χ0) is 56.6. The first-order valence-corrected chi connectivity index (χ1v) is 27.7. The Kier molecular flexibility index (Phi) is 16.5. The Hall–Kier alpha value is -1.63. The van der Waals surface area contributed by atoms with Crippen LogP contribution in [0.25, 0.3) is 0 Å². The van der Waals surface area contributed by atoms with Gasteiger partial charge in [0.25, 0.3) is 0 Å². The number of allylic oxidation sites excluding steroid dienone is 2. The number of aliphatic hydroxyl groups is 13. The third-order valence-electron chi connectivity index (χ3n) is 21.8. The first-order chi connectivity index (χ1) is 35.8. The molecule has 23 heteroatoms. The van der Waals surface area contributed by atoms with Gasteiger partial charge in [-0.2, -0.15) is 0 Å². The molecule has 77 heavy (non-hydrogen) atoms. The van der Waals surface area contributed by atoms with E-state index in [4.69, 9.17) is 37.9 Å². The topological polar surface area (TPSA) is 374 Å². The quantitative estimate of drug-likeness (QED) is 0.0829. The summed E-state index contributed by atoms with van der Waals surface area (Å²) in [6.45, 7) is 16.9. The molecule has 442 valence electrons. The first kappa shape index (κ1) is 60.0. The maximum Gasteiger partial charge on any atom is 0.335 e. The largest absolute Gasteiger partial charge is 0.479 e. The van der Waals surface area contributed by atoms with Gasteiger partial charge in [-0.05, 0) is 105 Å². The molecule has 0 spiro atoms. The maximum absolute atomic E-state index is 12.7. The minimum atomic E-state index is -2.16. The highest BCUT2D eigenvalue weighted by Crippen LogP contribution is 2.76. The van der Waals surface area contributed by atoms with E-state index in [9.17, 15) is 76.3 Å². The van der Waals surface area contributed by atoms with Gasteiger partial charge in [-0.1, -0.05) is 60.1 Å². The standard InChI is InChI=1S/C54H88O23/c1-21-29(56)32(59)37(64)45(71-21)70-19-25-31(58)34(61)40(76-46-38(65)33(60)30(57)22(2)72-46)47(73-25)77-41-36(63)35(62)39(44(68)69)75-48(41)74-28-13-14-51(6)26(52(28,7)20-55)12-15-54(9)27(51)11-10-23-24-18-49(3,4)42(66)43(67)50(24,5)16-17-53(23,54)8/h10,21-22,24-43,45-48,55-67H,11-20H2,1-9H3,(H,68,69)/t21-,22-,24+,25-,26-,27?,28+,29+,30-,31-,32-,33-,34-,35+,36-,37-,38-,39+,40-,41-,42+,43-,45-,46+,47+,48-,50-,51+,52-,53-,54-/m1/s1. The van der Waals surface area contributed by atoms with Gasteiger partial charge in [-0.15, -0.1) is 0 Å². The van der Waals surface area contributed by atoms with E-state index in [1.807, 2.05) is 20.8 Å². The number of aliphatic hydroxyl groups excluding tert-OH is 13. The van der Waals surface area contributed by atoms with Gasteiger partial charge in [0, 0.05) is 10.8 Å². The van der Waals surface area contributed by atoms with E-state index in [0.717, 1.165) is 32.1 Å². The molecule has 8 fully saturated rings. The minimum Gasteiger partial charge on any atom is -0.479 e. The van der Waals surface area contributed by atoms with Crippen molar-refractivity contribution in [3.05, 3.63) is 11.6 Å². The van der Waals surface area contributed by atoms with Gasteiger partial charge in [-0.25, -0.2) is 4.79 Å². The highest BCUT2D eigenvalue weighted by atomic mass is 16.8. The molecule has 0 aromatic carbocycles. The highest BCUT2D eigenvalue weighted by molar-refractivity contribution is 5.73. The van der Waals surface area contributed by atoms with Crippen LogP contribution in [-0.2, 0) is 42.7 Å². The summed E-state index contributed by atoms with van der Waals surface area (Å²) < 4.78 is 48.2. The molecular weight excluding hydrogens is 1020 g/mol. The van der Waals surface area contributed by atoms with Gasteiger partial charge in [0.15, 0.2) is 31.3 Å². The molecule has 0 radical (unpaired) electrons. The normalized spacial score (nSPS) is 56.7. The summed E-state index contributed by atoms with van der Waals surface area (Å²) in [7, 11) is 0. The molecule has 0 bridgehead atoms. The Morgan fingerprint density at radius 1 is 0.584 bits per heavy atom. The molecule has 9 aliphatic rings. The van der Waals surface area contributed by atoms with Gasteiger partial charge < -0.3 is 109 Å². The smallest absolute Gasteiger partial charge is 0.335 e. The fourth-order valence-corrected chi connectivity index (χ4v) is 16.4. The number of rotatable bonds is 11. The lowest BCUT2D eigenvalue weighted by atomic mass is 9.33. The van der Waals surface area contributed by atoms with Crippen LogP contribution in [0.1, 0.15) is 114 Å². The van der Waals surface area contributed by atoms with Crippen LogP contribution in [0.4, 0.5) is 0 Å². The summed E-state index contributed by atoms with van der Waals surface area (Å²) in [4.78, 5) is 12.7. The van der Waals surface area contributed by atoms with Crippen LogP contribution in [0.2, 0.25) is 0 Å². The monoisotopic (exact) mass is 1100 g/mol. The van der Waals surface area contributed by atoms with Gasteiger partial charge in [0.05, 0.1) is 43.7 Å². The molecule has 9 rings (SSSR count). The Morgan fingerprint density at radius 3 is 1.77 bits per heavy atom. The lowest BCUT2D eigenvalue weighted by Gasteiger charge is -2.72. The van der Waals surface area contributed by atoms with Crippen molar-refractivity contribution in [3.8, 4) is 0 Å². The number of ether oxygens (including phenoxy) is 8. The summed E-state index contributed by atoms with van der Waals surface area (Å²) in [6.07, 6.45) is -30.1. The molecule has 1 unspecified atom stereocenters. The third-order valence-corrected chi connectivity index (χ3v) is 21.8. The zero-order valence-electron chi connectivity index (χ0n) is 45.6. The molecular formula is C54H88O23. The number of carbonyl (C=O) groups is 1. The second kappa shape index (κ2) is 21.2. The van der Waals surface area contributed by atoms with Crippen LogP contribution < -0.4 is 0 Å². The predicted molar refractivity (Wildman–Crippen MR) is 263 cm³/mol. The van der Waals surface area contributed by atoms with E-state index >= 15 is 0 Å². The van der Waals surface area contributed by atoms with E-state index in [0.29, 0.717) is 19.3 Å². The molecule has 0 aromatic rings. The van der Waals surface area contributed by atoms with Crippen molar-refractivity contribution in [2.45, 2.75) is 255 Å². The lowest BCUT2D eigenvalue weighted by Crippen LogP contribution is -2.69. The van der Waals surface area contributed by atoms with E-state index in [1.165, 1.54) is 19.4 Å². The van der Waals surface area contributed by atoms with Crippen LogP contribution >= 0.6 is 0 Å². The van der Waals surface area contributed by atoms with Crippen molar-refractivity contribution in [1.29, 1.82) is 0 Å². The molecule has 0 aromatic heterocycles. The molecule has 31 atom stereocenters. The van der Waals surface area contributed by atoms with Crippen molar-refractivity contribution >= 4 is 5.97 Å². The predicted octanol–water partition coefficient (Wildman–Crippen LogP) is -1.47. The van der Waals surface area contributed by atoms with Gasteiger partial charge in [0.2, 0.25) is 0 Å². The number of aliphatic carboxylic acids is 1. The van der Waals surface area contributed by atoms with E-state index in [2.05, 4.69) is 33.8 Å². The number of fused-ring (bicyclic) bond motifs is 7. The number of hydrogen-bond donors (Lipinski definition) is 14. The molecule has 0 amide bonds. The molecule has 4 aliphatic heterocycles. The molecule has 5 aliphatic carbocycles. The summed E-state index contributed by atoms with van der Waals surface area (Å²) in [5.74, 6) is -1.60. The second-order valence-corrected chi connectivity index (χ2v) is 26.4. The highest BCUT2D eigenvalue weighted by Gasteiger charge is 2.70. The van der Waals surface area contributed by atoms with E-state index in [1.54, 1.807) is 0 Å². The average molecular weight is 1110 g/mol. The Labute approximate surface area is 449 Å². The molecule has 4 heterocycles. The first-order valence-electron chi connectivity index (χ1n) is 27.7. The summed E-state index contributed by atoms with van der Waals surface area (Å²) >= 11 is 0. The minimum absolute atomic E-state index is 0.0742.